The van der Waals surface area contributed by atoms with Gasteiger partial charge >= 0.3 is 11.9 Å². The van der Waals surface area contributed by atoms with Gasteiger partial charge in [-0.15, -0.1) is 0 Å². The fourth-order valence-electron chi connectivity index (χ4n) is 2.24. The molecule has 0 rings (SSSR count). The molecule has 0 aliphatic rings. The van der Waals surface area contributed by atoms with Gasteiger partial charge < -0.3 is 14.8 Å². The van der Waals surface area contributed by atoms with Gasteiger partial charge in [0.1, 0.15) is 17.2 Å². The van der Waals surface area contributed by atoms with E-state index in [4.69, 9.17) is 9.47 Å². The first kappa shape index (κ1) is 28.9. The Morgan fingerprint density at radius 1 is 0.968 bits per heavy atom. The van der Waals surface area contributed by atoms with E-state index in [1.54, 1.807) is 47.6 Å². The van der Waals surface area contributed by atoms with E-state index in [2.05, 4.69) is 10.0 Å². The molecule has 180 valence electrons. The lowest BCUT2D eigenvalue weighted by atomic mass is 10.1. The van der Waals surface area contributed by atoms with Crippen molar-refractivity contribution in [2.45, 2.75) is 97.8 Å². The number of allylic oxidation sites excluding steroid dienone is 1. The van der Waals surface area contributed by atoms with E-state index in [9.17, 15) is 22.8 Å². The smallest absolute Gasteiger partial charge is 0.329 e. The third-order valence-corrected chi connectivity index (χ3v) is 4.86. The molecule has 0 saturated heterocycles. The number of carbonyl (C=O) groups is 3. The summed E-state index contributed by atoms with van der Waals surface area (Å²) in [4.78, 5) is 36.7. The third-order valence-electron chi connectivity index (χ3n) is 3.60. The number of hydrogen-bond donors (Lipinski definition) is 2. The monoisotopic (exact) mass is 462 g/mol. The van der Waals surface area contributed by atoms with Gasteiger partial charge in [0.15, 0.2) is 0 Å². The topological polar surface area (TPSA) is 128 Å². The Hall–Kier alpha value is -2.10. The van der Waals surface area contributed by atoms with Crippen LogP contribution in [0, 0.1) is 0 Å². The molecule has 0 fully saturated rings. The summed E-state index contributed by atoms with van der Waals surface area (Å²) in [5.74, 6) is -1.45. The van der Waals surface area contributed by atoms with Crippen LogP contribution in [0.3, 0.4) is 0 Å². The van der Waals surface area contributed by atoms with Crippen molar-refractivity contribution in [2.75, 3.05) is 5.75 Å². The molecule has 10 heteroatoms. The van der Waals surface area contributed by atoms with Crippen LogP contribution in [0.25, 0.3) is 0 Å². The Morgan fingerprint density at radius 3 is 2.06 bits per heavy atom. The fourth-order valence-corrected chi connectivity index (χ4v) is 2.71. The minimum Gasteiger partial charge on any atom is -0.460 e. The molecule has 9 nitrogen and oxygen atoms in total. The maximum atomic E-state index is 12.5. The van der Waals surface area contributed by atoms with E-state index < -0.39 is 39.2 Å². The quantitative estimate of drug-likeness (QED) is 0.337. The number of nitrogens with one attached hydrogen (secondary N) is 2. The average molecular weight is 463 g/mol. The van der Waals surface area contributed by atoms with Crippen LogP contribution in [-0.2, 0) is 33.9 Å². The highest BCUT2D eigenvalue weighted by molar-refractivity contribution is 7.89. The molecule has 1 atom stereocenters. The van der Waals surface area contributed by atoms with Gasteiger partial charge in [0.25, 0.3) is 0 Å². The van der Waals surface area contributed by atoms with Crippen molar-refractivity contribution in [3.8, 4) is 0 Å². The molecule has 0 spiro atoms. The second-order valence-electron chi connectivity index (χ2n) is 9.09. The molecule has 0 aromatic rings. The van der Waals surface area contributed by atoms with Crippen LogP contribution in [0.5, 0.6) is 0 Å². The van der Waals surface area contributed by atoms with Gasteiger partial charge in [-0.05, 0) is 67.7 Å². The fraction of sp³-hybridized carbons (Fsp3) is 0.762. The first-order chi connectivity index (χ1) is 14.0. The van der Waals surface area contributed by atoms with Gasteiger partial charge in [0.2, 0.25) is 15.9 Å². The first-order valence-electron chi connectivity index (χ1n) is 10.4. The predicted octanol–water partition coefficient (Wildman–Crippen LogP) is 2.56. The average Bonchev–Trinajstić information content (AvgIpc) is 2.58. The zero-order valence-corrected chi connectivity index (χ0v) is 20.6. The number of ether oxygens (including phenoxy) is 2. The molecule has 0 aliphatic carbocycles. The lowest BCUT2D eigenvalue weighted by molar-refractivity contribution is -0.160. The van der Waals surface area contributed by atoms with Crippen molar-refractivity contribution >= 4 is 27.9 Å². The summed E-state index contributed by atoms with van der Waals surface area (Å²) < 4.78 is 35.5. The minimum atomic E-state index is -3.29. The highest BCUT2D eigenvalue weighted by Crippen LogP contribution is 2.14. The van der Waals surface area contributed by atoms with Crippen LogP contribution in [0.2, 0.25) is 0 Å². The summed E-state index contributed by atoms with van der Waals surface area (Å²) in [6.07, 6.45) is 4.06. The number of amides is 1. The van der Waals surface area contributed by atoms with E-state index in [0.717, 1.165) is 0 Å². The molecule has 31 heavy (non-hydrogen) atoms. The Bertz CT molecular complexity index is 732. The normalized spacial score (nSPS) is 13.5. The van der Waals surface area contributed by atoms with Crippen LogP contribution in [0.15, 0.2) is 12.3 Å². The largest absolute Gasteiger partial charge is 0.460 e. The Balaban J connectivity index is 4.73. The SMILES string of the molecule is CCS(=O)(=O)NC=CCCCC(=O)N[C@@H](CCC(=O)OC(C)(C)C)C(=O)OC(C)(C)C. The summed E-state index contributed by atoms with van der Waals surface area (Å²) in [7, 11) is -3.29. The number of rotatable bonds is 12. The van der Waals surface area contributed by atoms with Crippen LogP contribution in [0.4, 0.5) is 0 Å². The van der Waals surface area contributed by atoms with E-state index in [-0.39, 0.29) is 30.9 Å². The van der Waals surface area contributed by atoms with Crippen molar-refractivity contribution < 1.29 is 32.3 Å². The van der Waals surface area contributed by atoms with Crippen molar-refractivity contribution in [2.24, 2.45) is 0 Å². The number of carbonyl (C=O) groups excluding carboxylic acids is 3. The van der Waals surface area contributed by atoms with Crippen LogP contribution >= 0.6 is 0 Å². The zero-order valence-electron chi connectivity index (χ0n) is 19.7. The molecule has 0 aromatic carbocycles. The van der Waals surface area contributed by atoms with E-state index in [1.165, 1.54) is 13.1 Å². The van der Waals surface area contributed by atoms with E-state index in [1.807, 2.05) is 0 Å². The molecular weight excluding hydrogens is 424 g/mol. The zero-order chi connectivity index (χ0) is 24.3. The second-order valence-corrected chi connectivity index (χ2v) is 11.1. The van der Waals surface area contributed by atoms with Gasteiger partial charge in [-0.2, -0.15) is 0 Å². The molecule has 0 aromatic heterocycles. The molecular formula is C21H38N2O7S. The Labute approximate surface area is 186 Å². The Morgan fingerprint density at radius 2 is 1.55 bits per heavy atom. The summed E-state index contributed by atoms with van der Waals surface area (Å²) >= 11 is 0. The number of hydrogen-bond acceptors (Lipinski definition) is 7. The molecule has 0 radical (unpaired) electrons. The van der Waals surface area contributed by atoms with Crippen molar-refractivity contribution in [3.05, 3.63) is 12.3 Å². The lowest BCUT2D eigenvalue weighted by Crippen LogP contribution is -2.44. The second kappa shape index (κ2) is 12.7. The molecule has 0 unspecified atom stereocenters. The highest BCUT2D eigenvalue weighted by Gasteiger charge is 2.28. The predicted molar refractivity (Wildman–Crippen MR) is 118 cm³/mol. The molecule has 0 saturated carbocycles. The summed E-state index contributed by atoms with van der Waals surface area (Å²) in [5.41, 5.74) is -1.37. The Kier molecular flexibility index (Phi) is 11.8. The number of esters is 2. The summed E-state index contributed by atoms with van der Waals surface area (Å²) in [6.45, 7) is 11.9. The standard InChI is InChI=1S/C21H38N2O7S/c1-8-31(27,28)22-15-11-9-10-12-17(24)23-16(19(26)30-21(5,6)7)13-14-18(25)29-20(2,3)4/h11,15-16,22H,8-10,12-14H2,1-7H3,(H,23,24)/t16-/m0/s1. The van der Waals surface area contributed by atoms with Crippen LogP contribution in [0.1, 0.15) is 80.6 Å². The molecule has 0 aliphatic heterocycles. The van der Waals surface area contributed by atoms with E-state index in [0.29, 0.717) is 12.8 Å². The maximum Gasteiger partial charge on any atom is 0.329 e. The van der Waals surface area contributed by atoms with E-state index >= 15 is 0 Å². The van der Waals surface area contributed by atoms with Crippen LogP contribution < -0.4 is 10.0 Å². The van der Waals surface area contributed by atoms with Gasteiger partial charge in [-0.25, -0.2) is 13.2 Å². The van der Waals surface area contributed by atoms with Crippen LogP contribution in [-0.4, -0.2) is 49.3 Å². The maximum absolute atomic E-state index is 12.5. The van der Waals surface area contributed by atoms with Crippen molar-refractivity contribution in [3.63, 3.8) is 0 Å². The highest BCUT2D eigenvalue weighted by atomic mass is 32.2. The summed E-state index contributed by atoms with van der Waals surface area (Å²) in [5, 5.41) is 2.63. The number of unbranched alkanes of at least 4 members (excludes halogenated alkanes) is 1. The van der Waals surface area contributed by atoms with Gasteiger partial charge in [-0.3, -0.25) is 14.3 Å². The van der Waals surface area contributed by atoms with Crippen molar-refractivity contribution in [1.82, 2.24) is 10.0 Å². The molecule has 2 N–H and O–H groups in total. The third kappa shape index (κ3) is 16.3. The first-order valence-corrected chi connectivity index (χ1v) is 12.1. The minimum absolute atomic E-state index is 0.0188. The summed E-state index contributed by atoms with van der Waals surface area (Å²) in [6, 6.07) is -0.967. The van der Waals surface area contributed by atoms with Gasteiger partial charge in [-0.1, -0.05) is 6.08 Å². The van der Waals surface area contributed by atoms with Gasteiger partial charge in [0.05, 0.1) is 5.75 Å². The van der Waals surface area contributed by atoms with Gasteiger partial charge in [0, 0.05) is 19.0 Å². The molecule has 1 amide bonds. The van der Waals surface area contributed by atoms with Crippen molar-refractivity contribution in [1.29, 1.82) is 0 Å². The molecule has 0 bridgehead atoms. The molecule has 0 heterocycles. The lowest BCUT2D eigenvalue weighted by Gasteiger charge is -2.25. The number of sulfonamides is 1.